The molecule has 0 bridgehead atoms. The van der Waals surface area contributed by atoms with E-state index >= 15 is 0 Å². The summed E-state index contributed by atoms with van der Waals surface area (Å²) in [5.41, 5.74) is 1.38. The molecule has 12 unspecified atom stereocenters. The molecule has 0 radical (unpaired) electrons. The van der Waals surface area contributed by atoms with E-state index in [0.29, 0.717) is 23.7 Å². The van der Waals surface area contributed by atoms with Crippen molar-refractivity contribution in [2.45, 2.75) is 119 Å². The maximum absolute atomic E-state index is 11.7. The van der Waals surface area contributed by atoms with Crippen LogP contribution in [-0.4, -0.2) is 33.6 Å². The second kappa shape index (κ2) is 7.10. The van der Waals surface area contributed by atoms with E-state index < -0.39 is 17.6 Å². The molecule has 5 rings (SSSR count). The van der Waals surface area contributed by atoms with Gasteiger partial charge in [0.05, 0.1) is 18.3 Å². The van der Waals surface area contributed by atoms with Gasteiger partial charge in [0.1, 0.15) is 0 Å². The topological polar surface area (TPSA) is 60.7 Å². The minimum atomic E-state index is -0.472. The second-order valence-electron chi connectivity index (χ2n) is 14.8. The monoisotopic (exact) mass is 458 g/mol. The van der Waals surface area contributed by atoms with Gasteiger partial charge in [-0.1, -0.05) is 67.0 Å². The molecule has 0 amide bonds. The summed E-state index contributed by atoms with van der Waals surface area (Å²) in [6.45, 7) is 19.0. The summed E-state index contributed by atoms with van der Waals surface area (Å²) >= 11 is 0. The molecule has 0 aromatic rings. The van der Waals surface area contributed by atoms with E-state index in [1.165, 1.54) is 12.8 Å². The van der Waals surface area contributed by atoms with Crippen LogP contribution >= 0.6 is 0 Å². The third-order valence-corrected chi connectivity index (χ3v) is 13.6. The molecule has 4 saturated carbocycles. The fraction of sp³-hybridized carbons (Fsp3) is 0.933. The molecule has 0 aliphatic heterocycles. The van der Waals surface area contributed by atoms with Gasteiger partial charge < -0.3 is 15.3 Å². The fourth-order valence-corrected chi connectivity index (χ4v) is 10.9. The average Bonchev–Trinajstić information content (AvgIpc) is 2.71. The summed E-state index contributed by atoms with van der Waals surface area (Å²) in [6, 6.07) is 0. The van der Waals surface area contributed by atoms with Crippen LogP contribution < -0.4 is 0 Å². The number of rotatable bonds is 0. The van der Waals surface area contributed by atoms with Crippen LogP contribution in [0.4, 0.5) is 0 Å². The van der Waals surface area contributed by atoms with Crippen molar-refractivity contribution in [1.82, 2.24) is 0 Å². The van der Waals surface area contributed by atoms with Crippen LogP contribution in [0, 0.1) is 56.7 Å². The first-order chi connectivity index (χ1) is 15.2. The van der Waals surface area contributed by atoms with Gasteiger partial charge in [-0.15, -0.1) is 0 Å². The highest BCUT2D eigenvalue weighted by Crippen LogP contribution is 2.75. The van der Waals surface area contributed by atoms with E-state index in [0.717, 1.165) is 32.1 Å². The molecule has 0 aromatic carbocycles. The number of allylic oxidation sites excluding steroid dienone is 2. The lowest BCUT2D eigenvalue weighted by Gasteiger charge is -2.72. The van der Waals surface area contributed by atoms with Crippen LogP contribution in [0.3, 0.4) is 0 Å². The third kappa shape index (κ3) is 2.74. The average molecular weight is 459 g/mol. The standard InChI is InChI=1S/C30H50O3/c1-17-15-23(32)30(8)24(33)16-29(7)19(25(30)18(17)2)9-10-21-27(5)13-12-22(31)26(3,4)20(27)11-14-28(21,29)6/h9,17-18,20-25,31-33H,10-16H2,1-8H3. The molecule has 5 aliphatic carbocycles. The van der Waals surface area contributed by atoms with Gasteiger partial charge in [-0.25, -0.2) is 0 Å². The summed E-state index contributed by atoms with van der Waals surface area (Å²) in [5, 5.41) is 33.9. The predicted octanol–water partition coefficient (Wildman–Crippen LogP) is 5.97. The lowest BCUT2D eigenvalue weighted by molar-refractivity contribution is -0.227. The van der Waals surface area contributed by atoms with E-state index in [9.17, 15) is 15.3 Å². The molecular formula is C30H50O3. The molecule has 3 N–H and O–H groups in total. The maximum Gasteiger partial charge on any atom is 0.0632 e. The minimum Gasteiger partial charge on any atom is -0.393 e. The van der Waals surface area contributed by atoms with Crippen molar-refractivity contribution in [3.63, 3.8) is 0 Å². The van der Waals surface area contributed by atoms with Crippen LogP contribution in [0.25, 0.3) is 0 Å². The summed E-state index contributed by atoms with van der Waals surface area (Å²) in [5.74, 6) is 2.29. The zero-order chi connectivity index (χ0) is 24.4. The molecule has 5 aliphatic rings. The first kappa shape index (κ1) is 24.3. The Kier molecular flexibility index (Phi) is 5.23. The van der Waals surface area contributed by atoms with Gasteiger partial charge in [-0.05, 0) is 96.2 Å². The number of hydrogen-bond acceptors (Lipinski definition) is 3. The molecule has 4 fully saturated rings. The Morgan fingerprint density at radius 1 is 0.818 bits per heavy atom. The van der Waals surface area contributed by atoms with E-state index in [4.69, 9.17) is 0 Å². The van der Waals surface area contributed by atoms with Crippen LogP contribution in [0.1, 0.15) is 100 Å². The highest BCUT2D eigenvalue weighted by Gasteiger charge is 2.70. The first-order valence-electron chi connectivity index (χ1n) is 13.9. The smallest absolute Gasteiger partial charge is 0.0632 e. The molecule has 12 atom stereocenters. The number of aliphatic hydroxyl groups excluding tert-OH is 3. The van der Waals surface area contributed by atoms with Crippen molar-refractivity contribution in [2.75, 3.05) is 0 Å². The second-order valence-corrected chi connectivity index (χ2v) is 14.8. The molecule has 3 nitrogen and oxygen atoms in total. The molecule has 3 heteroatoms. The van der Waals surface area contributed by atoms with Gasteiger partial charge >= 0.3 is 0 Å². The molecule has 188 valence electrons. The Labute approximate surface area is 202 Å². The van der Waals surface area contributed by atoms with Crippen molar-refractivity contribution < 1.29 is 15.3 Å². The Morgan fingerprint density at radius 2 is 1.48 bits per heavy atom. The van der Waals surface area contributed by atoms with E-state index in [2.05, 4.69) is 61.5 Å². The van der Waals surface area contributed by atoms with Gasteiger partial charge in [0.25, 0.3) is 0 Å². The lowest BCUT2D eigenvalue weighted by Crippen LogP contribution is -2.68. The van der Waals surface area contributed by atoms with E-state index in [1.54, 1.807) is 5.57 Å². The maximum atomic E-state index is 11.7. The minimum absolute atomic E-state index is 0.0404. The number of fused-ring (bicyclic) bond motifs is 7. The van der Waals surface area contributed by atoms with Gasteiger partial charge in [0.15, 0.2) is 0 Å². The molecule has 0 heterocycles. The largest absolute Gasteiger partial charge is 0.393 e. The Hall–Kier alpha value is -0.380. The van der Waals surface area contributed by atoms with Crippen LogP contribution in [0.5, 0.6) is 0 Å². The zero-order valence-corrected chi connectivity index (χ0v) is 22.5. The molecular weight excluding hydrogens is 408 g/mol. The Bertz CT molecular complexity index is 847. The fourth-order valence-electron chi connectivity index (χ4n) is 10.9. The number of aliphatic hydroxyl groups is 3. The molecule has 0 aromatic heterocycles. The summed E-state index contributed by atoms with van der Waals surface area (Å²) in [6.07, 6.45) is 8.52. The molecule has 33 heavy (non-hydrogen) atoms. The van der Waals surface area contributed by atoms with E-state index in [1.807, 2.05) is 0 Å². The van der Waals surface area contributed by atoms with Crippen molar-refractivity contribution in [3.05, 3.63) is 11.6 Å². The molecule has 0 saturated heterocycles. The summed E-state index contributed by atoms with van der Waals surface area (Å²) in [7, 11) is 0. The van der Waals surface area contributed by atoms with Crippen LogP contribution in [0.2, 0.25) is 0 Å². The Balaban J connectivity index is 1.63. The predicted molar refractivity (Wildman–Crippen MR) is 133 cm³/mol. The first-order valence-corrected chi connectivity index (χ1v) is 13.9. The summed E-state index contributed by atoms with van der Waals surface area (Å²) < 4.78 is 0. The van der Waals surface area contributed by atoms with Crippen molar-refractivity contribution in [2.24, 2.45) is 56.7 Å². The normalized spacial score (nSPS) is 60.0. The zero-order valence-electron chi connectivity index (χ0n) is 22.5. The van der Waals surface area contributed by atoms with Gasteiger partial charge in [-0.2, -0.15) is 0 Å². The Morgan fingerprint density at radius 3 is 2.15 bits per heavy atom. The van der Waals surface area contributed by atoms with Gasteiger partial charge in [0, 0.05) is 5.41 Å². The summed E-state index contributed by atoms with van der Waals surface area (Å²) in [4.78, 5) is 0. The lowest BCUT2D eigenvalue weighted by atomic mass is 9.33. The van der Waals surface area contributed by atoms with Crippen LogP contribution in [-0.2, 0) is 0 Å². The third-order valence-electron chi connectivity index (χ3n) is 13.6. The van der Waals surface area contributed by atoms with Gasteiger partial charge in [0.2, 0.25) is 0 Å². The molecule has 0 spiro atoms. The van der Waals surface area contributed by atoms with Crippen LogP contribution in [0.15, 0.2) is 11.6 Å². The van der Waals surface area contributed by atoms with Crippen molar-refractivity contribution in [1.29, 1.82) is 0 Å². The van der Waals surface area contributed by atoms with Gasteiger partial charge in [-0.3, -0.25) is 0 Å². The van der Waals surface area contributed by atoms with Crippen molar-refractivity contribution in [3.8, 4) is 0 Å². The van der Waals surface area contributed by atoms with E-state index in [-0.39, 0.29) is 33.7 Å². The quantitative estimate of drug-likeness (QED) is 0.392. The number of hydrogen-bond donors (Lipinski definition) is 3. The van der Waals surface area contributed by atoms with Crippen molar-refractivity contribution >= 4 is 0 Å². The highest BCUT2D eigenvalue weighted by atomic mass is 16.3. The highest BCUT2D eigenvalue weighted by molar-refractivity contribution is 5.35. The SMILES string of the molecule is CC1CC(O)C2(C)C(O)CC3(C)C(=CCC4C5(C)CCC(O)C(C)(C)C5CCC43C)C2C1C.